The van der Waals surface area contributed by atoms with E-state index in [9.17, 15) is 0 Å². The Balaban J connectivity index is 2.47. The number of ether oxygens (including phenoxy) is 1. The molecule has 0 bridgehead atoms. The van der Waals surface area contributed by atoms with Crippen LogP contribution in [0, 0.1) is 18.1 Å². The monoisotopic (exact) mass is 95.0 g/mol. The molecule has 0 fully saturated rings. The highest BCUT2D eigenvalue weighted by Gasteiger charge is 2.07. The Morgan fingerprint density at radius 3 is 3.00 bits per heavy atom. The number of rotatable bonds is 0. The van der Waals surface area contributed by atoms with Gasteiger partial charge in [-0.2, -0.15) is 5.26 Å². The van der Waals surface area contributed by atoms with E-state index in [1.165, 1.54) is 12.9 Å². The van der Waals surface area contributed by atoms with Crippen molar-refractivity contribution in [2.75, 3.05) is 0 Å². The van der Waals surface area contributed by atoms with Crippen molar-refractivity contribution in [1.82, 2.24) is 0 Å². The molecule has 3 heteroatoms. The van der Waals surface area contributed by atoms with Crippen LogP contribution in [0.2, 0.25) is 0 Å². The normalized spacial score (nSPS) is 27.6. The van der Waals surface area contributed by atoms with Crippen LogP contribution in [0.3, 0.4) is 0 Å². The lowest BCUT2D eigenvalue weighted by molar-refractivity contribution is 0.220. The number of hydrogen-bond acceptors (Lipinski definition) is 3. The largest absolute Gasteiger partial charge is 0.328 e. The van der Waals surface area contributed by atoms with Crippen molar-refractivity contribution in [1.29, 1.82) is 5.26 Å². The van der Waals surface area contributed by atoms with Crippen molar-refractivity contribution in [2.24, 2.45) is 4.99 Å². The number of aliphatic imine (C=N–C) groups is 1. The third-order valence-electron chi connectivity index (χ3n) is 0.617. The van der Waals surface area contributed by atoms with Gasteiger partial charge < -0.3 is 4.74 Å². The minimum absolute atomic E-state index is 0.444. The zero-order valence-electron chi connectivity index (χ0n) is 3.53. The van der Waals surface area contributed by atoms with Crippen LogP contribution in [-0.4, -0.2) is 12.3 Å². The topological polar surface area (TPSA) is 45.4 Å². The first-order valence-corrected chi connectivity index (χ1v) is 1.83. The molecule has 0 aliphatic carbocycles. The quantitative estimate of drug-likeness (QED) is 0.428. The smallest absolute Gasteiger partial charge is 0.196 e. The van der Waals surface area contributed by atoms with E-state index in [1.54, 1.807) is 0 Å². The van der Waals surface area contributed by atoms with Crippen molar-refractivity contribution in [2.45, 2.75) is 6.10 Å². The summed E-state index contributed by atoms with van der Waals surface area (Å²) in [7, 11) is 0. The second-order valence-electron chi connectivity index (χ2n) is 1.09. The first-order chi connectivity index (χ1) is 3.43. The third-order valence-corrected chi connectivity index (χ3v) is 0.617. The maximum absolute atomic E-state index is 8.08. The van der Waals surface area contributed by atoms with Gasteiger partial charge in [-0.05, 0) is 0 Å². The molecule has 1 atom stereocenters. The van der Waals surface area contributed by atoms with Crippen LogP contribution in [0.5, 0.6) is 0 Å². The van der Waals surface area contributed by atoms with Crippen LogP contribution in [0.15, 0.2) is 4.99 Å². The summed E-state index contributed by atoms with van der Waals surface area (Å²) >= 11 is 0. The summed E-state index contributed by atoms with van der Waals surface area (Å²) in [5, 5.41) is 8.08. The second kappa shape index (κ2) is 1.71. The van der Waals surface area contributed by atoms with Gasteiger partial charge in [0.2, 0.25) is 0 Å². The van der Waals surface area contributed by atoms with Gasteiger partial charge in [0, 0.05) is 6.21 Å². The Hall–Kier alpha value is -0.880. The highest BCUT2D eigenvalue weighted by Crippen LogP contribution is 1.98. The summed E-state index contributed by atoms with van der Waals surface area (Å²) in [6, 6.07) is 1.86. The molecule has 0 saturated heterocycles. The van der Waals surface area contributed by atoms with Crippen LogP contribution in [0.1, 0.15) is 0 Å². The van der Waals surface area contributed by atoms with E-state index < -0.39 is 6.10 Å². The molecule has 1 radical (unpaired) electrons. The summed E-state index contributed by atoms with van der Waals surface area (Å²) in [5.41, 5.74) is 0. The molecule has 0 spiro atoms. The maximum Gasteiger partial charge on any atom is 0.196 e. The molecular formula is C4H3N2O. The average molecular weight is 95.1 g/mol. The standard InChI is InChI=1S/C4H3N2O/c5-1-4-2-6-3-7-4/h2-4H. The lowest BCUT2D eigenvalue weighted by Gasteiger charge is -1.87. The predicted molar refractivity (Wildman–Crippen MR) is 23.3 cm³/mol. The number of nitriles is 1. The first-order valence-electron chi connectivity index (χ1n) is 1.83. The van der Waals surface area contributed by atoms with E-state index in [-0.39, 0.29) is 0 Å². The molecular weight excluding hydrogens is 92.1 g/mol. The molecule has 3 nitrogen and oxygen atoms in total. The maximum atomic E-state index is 8.08. The van der Waals surface area contributed by atoms with E-state index in [2.05, 4.69) is 9.73 Å². The number of hydrogen-bond donors (Lipinski definition) is 0. The molecule has 1 unspecified atom stereocenters. The lowest BCUT2D eigenvalue weighted by Crippen LogP contribution is -2.01. The van der Waals surface area contributed by atoms with Crippen LogP contribution >= 0.6 is 0 Å². The average Bonchev–Trinajstić information content (AvgIpc) is 2.14. The van der Waals surface area contributed by atoms with Crippen molar-refractivity contribution in [3.63, 3.8) is 0 Å². The van der Waals surface area contributed by atoms with E-state index in [0.717, 1.165) is 0 Å². The molecule has 0 aromatic heterocycles. The third kappa shape index (κ3) is 0.756. The lowest BCUT2D eigenvalue weighted by atomic mass is 10.4. The van der Waals surface area contributed by atoms with E-state index in [1.807, 2.05) is 6.07 Å². The van der Waals surface area contributed by atoms with Crippen LogP contribution in [-0.2, 0) is 4.74 Å². The zero-order chi connectivity index (χ0) is 5.11. The summed E-state index contributed by atoms with van der Waals surface area (Å²) in [5.74, 6) is 0. The van der Waals surface area contributed by atoms with Gasteiger partial charge >= 0.3 is 0 Å². The molecule has 0 aromatic carbocycles. The zero-order valence-corrected chi connectivity index (χ0v) is 3.53. The van der Waals surface area contributed by atoms with E-state index in [4.69, 9.17) is 5.26 Å². The summed E-state index contributed by atoms with van der Waals surface area (Å²) in [6.07, 6.45) is 1.000. The Kier molecular flexibility index (Phi) is 1.05. The molecule has 1 heterocycles. The van der Waals surface area contributed by atoms with Gasteiger partial charge in [-0.3, -0.25) is 4.99 Å². The van der Waals surface area contributed by atoms with Gasteiger partial charge in [0.25, 0.3) is 0 Å². The minimum Gasteiger partial charge on any atom is -0.328 e. The van der Waals surface area contributed by atoms with Crippen LogP contribution < -0.4 is 0 Å². The highest BCUT2D eigenvalue weighted by atomic mass is 16.5. The summed E-state index contributed by atoms with van der Waals surface area (Å²) < 4.78 is 4.59. The minimum atomic E-state index is -0.444. The SMILES string of the molecule is N#CC1C=N[CH]O1. The highest BCUT2D eigenvalue weighted by molar-refractivity contribution is 5.68. The fraction of sp³-hybridized carbons (Fsp3) is 0.250. The van der Waals surface area contributed by atoms with Crippen LogP contribution in [0.4, 0.5) is 0 Å². The van der Waals surface area contributed by atoms with Gasteiger partial charge in [0.1, 0.15) is 6.07 Å². The van der Waals surface area contributed by atoms with Gasteiger partial charge in [0.05, 0.1) is 0 Å². The van der Waals surface area contributed by atoms with Crippen molar-refractivity contribution in [3.8, 4) is 6.07 Å². The summed E-state index contributed by atoms with van der Waals surface area (Å²) in [4.78, 5) is 3.54. The Morgan fingerprint density at radius 1 is 1.86 bits per heavy atom. The van der Waals surface area contributed by atoms with Gasteiger partial charge in [0.15, 0.2) is 12.8 Å². The van der Waals surface area contributed by atoms with E-state index in [0.29, 0.717) is 0 Å². The Bertz CT molecular complexity index is 124. The first kappa shape index (κ1) is 4.28. The second-order valence-corrected chi connectivity index (χ2v) is 1.09. The van der Waals surface area contributed by atoms with Crippen molar-refractivity contribution >= 4 is 6.21 Å². The van der Waals surface area contributed by atoms with Gasteiger partial charge in [-0.25, -0.2) is 0 Å². The van der Waals surface area contributed by atoms with Crippen molar-refractivity contribution in [3.05, 3.63) is 6.73 Å². The predicted octanol–water partition coefficient (Wildman–Crippen LogP) is 0.0989. The summed E-state index contributed by atoms with van der Waals surface area (Å²) in [6.45, 7) is 1.26. The molecule has 7 heavy (non-hydrogen) atoms. The molecule has 35 valence electrons. The van der Waals surface area contributed by atoms with Crippen LogP contribution in [0.25, 0.3) is 0 Å². The Labute approximate surface area is 41.2 Å². The molecule has 1 rings (SSSR count). The molecule has 0 aromatic rings. The fourth-order valence-electron chi connectivity index (χ4n) is 0.313. The molecule has 0 amide bonds. The number of nitrogens with zero attached hydrogens (tertiary/aromatic N) is 2. The van der Waals surface area contributed by atoms with Crippen molar-refractivity contribution < 1.29 is 4.74 Å². The molecule has 1 aliphatic rings. The van der Waals surface area contributed by atoms with E-state index >= 15 is 0 Å². The molecule has 0 N–H and O–H groups in total. The fourth-order valence-corrected chi connectivity index (χ4v) is 0.313. The van der Waals surface area contributed by atoms with Gasteiger partial charge in [-0.15, -0.1) is 0 Å². The Morgan fingerprint density at radius 2 is 2.71 bits per heavy atom. The molecule has 1 aliphatic heterocycles. The van der Waals surface area contributed by atoms with Gasteiger partial charge in [-0.1, -0.05) is 0 Å². The molecule has 0 saturated carbocycles.